The maximum Gasteiger partial charge on any atom is 0.322 e. The standard InChI is InChI=1S/C12H13ClN4O3/c1-18-8-4-7(5-9(6-8)19-2)14-11-15-10(13)16-12(17-11)20-3/h4-6H,1-3H3,(H,14,15,16,17). The molecule has 20 heavy (non-hydrogen) atoms. The highest BCUT2D eigenvalue weighted by Crippen LogP contribution is 2.27. The van der Waals surface area contributed by atoms with Gasteiger partial charge in [-0.2, -0.15) is 15.0 Å². The van der Waals surface area contributed by atoms with E-state index < -0.39 is 0 Å². The second-order valence-electron chi connectivity index (χ2n) is 3.64. The van der Waals surface area contributed by atoms with E-state index in [4.69, 9.17) is 25.8 Å². The number of ether oxygens (including phenoxy) is 3. The Labute approximate surface area is 120 Å². The minimum Gasteiger partial charge on any atom is -0.497 e. The first-order valence-corrected chi connectivity index (χ1v) is 5.98. The Morgan fingerprint density at radius 3 is 2.10 bits per heavy atom. The molecule has 0 aliphatic carbocycles. The van der Waals surface area contributed by atoms with E-state index in [0.29, 0.717) is 17.2 Å². The Morgan fingerprint density at radius 1 is 0.900 bits per heavy atom. The molecule has 0 bridgehead atoms. The molecule has 0 unspecified atom stereocenters. The number of methoxy groups -OCH3 is 3. The van der Waals surface area contributed by atoms with Gasteiger partial charge in [0.15, 0.2) is 0 Å². The van der Waals surface area contributed by atoms with Gasteiger partial charge in [-0.3, -0.25) is 0 Å². The quantitative estimate of drug-likeness (QED) is 0.907. The summed E-state index contributed by atoms with van der Waals surface area (Å²) in [6, 6.07) is 5.42. The number of aromatic nitrogens is 3. The molecule has 1 aromatic heterocycles. The molecule has 2 aromatic rings. The Balaban J connectivity index is 2.31. The lowest BCUT2D eigenvalue weighted by Gasteiger charge is -2.10. The third-order valence-corrected chi connectivity index (χ3v) is 2.55. The van der Waals surface area contributed by atoms with Crippen LogP contribution in [0, 0.1) is 0 Å². The number of rotatable bonds is 5. The van der Waals surface area contributed by atoms with E-state index >= 15 is 0 Å². The second kappa shape index (κ2) is 6.25. The van der Waals surface area contributed by atoms with Crippen molar-refractivity contribution < 1.29 is 14.2 Å². The summed E-state index contributed by atoms with van der Waals surface area (Å²) in [6.07, 6.45) is 0. The van der Waals surface area contributed by atoms with Gasteiger partial charge >= 0.3 is 6.01 Å². The molecule has 0 atom stereocenters. The number of halogens is 1. The van der Waals surface area contributed by atoms with E-state index in [1.807, 2.05) is 0 Å². The van der Waals surface area contributed by atoms with E-state index in [1.165, 1.54) is 7.11 Å². The number of benzene rings is 1. The molecule has 0 radical (unpaired) electrons. The molecule has 1 aromatic carbocycles. The van der Waals surface area contributed by atoms with Crippen LogP contribution < -0.4 is 19.5 Å². The zero-order valence-corrected chi connectivity index (χ0v) is 11.9. The van der Waals surface area contributed by atoms with Crippen LogP contribution in [0.15, 0.2) is 18.2 Å². The molecule has 8 heteroatoms. The summed E-state index contributed by atoms with van der Waals surface area (Å²) in [7, 11) is 4.59. The number of hydrogen-bond acceptors (Lipinski definition) is 7. The smallest absolute Gasteiger partial charge is 0.322 e. The highest BCUT2D eigenvalue weighted by molar-refractivity contribution is 6.28. The highest BCUT2D eigenvalue weighted by Gasteiger charge is 2.07. The molecule has 2 rings (SSSR count). The summed E-state index contributed by atoms with van der Waals surface area (Å²) in [5.74, 6) is 1.54. The Morgan fingerprint density at radius 2 is 1.55 bits per heavy atom. The van der Waals surface area contributed by atoms with Crippen LogP contribution in [0.1, 0.15) is 0 Å². The molecule has 0 saturated heterocycles. The van der Waals surface area contributed by atoms with E-state index in [0.717, 1.165) is 0 Å². The van der Waals surface area contributed by atoms with Crippen molar-refractivity contribution in [3.63, 3.8) is 0 Å². The van der Waals surface area contributed by atoms with Crippen LogP contribution in [0.5, 0.6) is 17.5 Å². The first kappa shape index (κ1) is 14.1. The number of nitrogens with zero attached hydrogens (tertiary/aromatic N) is 3. The van der Waals surface area contributed by atoms with Crippen LogP contribution in [-0.2, 0) is 0 Å². The van der Waals surface area contributed by atoms with E-state index in [1.54, 1.807) is 32.4 Å². The molecular weight excluding hydrogens is 284 g/mol. The summed E-state index contributed by atoms with van der Waals surface area (Å²) >= 11 is 5.78. The topological polar surface area (TPSA) is 78.4 Å². The fourth-order valence-corrected chi connectivity index (χ4v) is 1.64. The SMILES string of the molecule is COc1cc(Nc2nc(Cl)nc(OC)n2)cc(OC)c1. The lowest BCUT2D eigenvalue weighted by molar-refractivity contribution is 0.379. The van der Waals surface area contributed by atoms with Crippen molar-refractivity contribution in [3.05, 3.63) is 23.5 Å². The zero-order valence-electron chi connectivity index (χ0n) is 11.2. The molecule has 0 aliphatic rings. The first-order valence-electron chi connectivity index (χ1n) is 5.60. The van der Waals surface area contributed by atoms with Gasteiger partial charge < -0.3 is 19.5 Å². The van der Waals surface area contributed by atoms with Crippen molar-refractivity contribution in [1.82, 2.24) is 15.0 Å². The largest absolute Gasteiger partial charge is 0.497 e. The molecule has 1 heterocycles. The summed E-state index contributed by atoms with van der Waals surface area (Å²) in [5, 5.41) is 3.02. The van der Waals surface area contributed by atoms with Gasteiger partial charge in [-0.1, -0.05) is 0 Å². The Kier molecular flexibility index (Phi) is 4.41. The number of hydrogen-bond donors (Lipinski definition) is 1. The van der Waals surface area contributed by atoms with Crippen LogP contribution in [0.3, 0.4) is 0 Å². The van der Waals surface area contributed by atoms with Crippen LogP contribution in [0.25, 0.3) is 0 Å². The summed E-state index contributed by atoms with van der Waals surface area (Å²) in [6.45, 7) is 0. The summed E-state index contributed by atoms with van der Waals surface area (Å²) in [4.78, 5) is 11.8. The van der Waals surface area contributed by atoms with Gasteiger partial charge in [0.2, 0.25) is 11.2 Å². The van der Waals surface area contributed by atoms with E-state index in [2.05, 4.69) is 20.3 Å². The lowest BCUT2D eigenvalue weighted by Crippen LogP contribution is -2.02. The van der Waals surface area contributed by atoms with Crippen LogP contribution in [0.2, 0.25) is 5.28 Å². The maximum absolute atomic E-state index is 5.78. The van der Waals surface area contributed by atoms with Crippen molar-refractivity contribution >= 4 is 23.2 Å². The van der Waals surface area contributed by atoms with E-state index in [9.17, 15) is 0 Å². The van der Waals surface area contributed by atoms with Crippen LogP contribution >= 0.6 is 11.6 Å². The molecule has 1 N–H and O–H groups in total. The van der Waals surface area contributed by atoms with Gasteiger partial charge in [-0.15, -0.1) is 0 Å². The van der Waals surface area contributed by atoms with Crippen LogP contribution in [-0.4, -0.2) is 36.3 Å². The third kappa shape index (κ3) is 3.39. The fourth-order valence-electron chi connectivity index (χ4n) is 1.49. The number of nitrogens with one attached hydrogen (secondary N) is 1. The summed E-state index contributed by atoms with van der Waals surface area (Å²) < 4.78 is 15.3. The Bertz CT molecular complexity index is 587. The molecule has 0 saturated carbocycles. The molecule has 0 amide bonds. The third-order valence-electron chi connectivity index (χ3n) is 2.38. The molecular formula is C12H13ClN4O3. The maximum atomic E-state index is 5.78. The van der Waals surface area contributed by atoms with Gasteiger partial charge in [0.05, 0.1) is 21.3 Å². The average molecular weight is 297 g/mol. The van der Waals surface area contributed by atoms with Crippen molar-refractivity contribution in [2.24, 2.45) is 0 Å². The molecule has 7 nitrogen and oxygen atoms in total. The van der Waals surface area contributed by atoms with Crippen molar-refractivity contribution in [3.8, 4) is 17.5 Å². The lowest BCUT2D eigenvalue weighted by atomic mass is 10.3. The van der Waals surface area contributed by atoms with Crippen molar-refractivity contribution in [2.75, 3.05) is 26.6 Å². The van der Waals surface area contributed by atoms with E-state index in [-0.39, 0.29) is 17.2 Å². The Hall–Kier alpha value is -2.28. The normalized spacial score (nSPS) is 10.0. The minimum atomic E-state index is 0.0363. The average Bonchev–Trinajstić information content (AvgIpc) is 2.46. The predicted octanol–water partition coefficient (Wildman–Crippen LogP) is 2.29. The zero-order chi connectivity index (χ0) is 14.5. The second-order valence-corrected chi connectivity index (χ2v) is 3.98. The monoisotopic (exact) mass is 296 g/mol. The van der Waals surface area contributed by atoms with Gasteiger partial charge in [0.25, 0.3) is 0 Å². The first-order chi connectivity index (χ1) is 9.64. The highest BCUT2D eigenvalue weighted by atomic mass is 35.5. The molecule has 0 spiro atoms. The van der Waals surface area contributed by atoms with Gasteiger partial charge in [-0.25, -0.2) is 0 Å². The number of anilines is 2. The van der Waals surface area contributed by atoms with Crippen molar-refractivity contribution in [1.29, 1.82) is 0 Å². The van der Waals surface area contributed by atoms with Gasteiger partial charge in [0.1, 0.15) is 11.5 Å². The predicted molar refractivity (Wildman–Crippen MR) is 74.2 cm³/mol. The van der Waals surface area contributed by atoms with Crippen molar-refractivity contribution in [2.45, 2.75) is 0 Å². The molecule has 106 valence electrons. The fraction of sp³-hybridized carbons (Fsp3) is 0.250. The van der Waals surface area contributed by atoms with Crippen LogP contribution in [0.4, 0.5) is 11.6 Å². The van der Waals surface area contributed by atoms with Gasteiger partial charge in [0, 0.05) is 23.9 Å². The van der Waals surface area contributed by atoms with Gasteiger partial charge in [-0.05, 0) is 11.6 Å². The molecule has 0 fully saturated rings. The molecule has 0 aliphatic heterocycles. The summed E-state index contributed by atoms with van der Waals surface area (Å²) in [5.41, 5.74) is 0.686. The minimum absolute atomic E-state index is 0.0363.